The van der Waals surface area contributed by atoms with Gasteiger partial charge in [-0.2, -0.15) is 5.10 Å². The molecular weight excluding hydrogens is 396 g/mol. The van der Waals surface area contributed by atoms with Gasteiger partial charge < -0.3 is 9.47 Å². The van der Waals surface area contributed by atoms with E-state index < -0.39 is 0 Å². The second-order valence-corrected chi connectivity index (χ2v) is 7.00. The van der Waals surface area contributed by atoms with Gasteiger partial charge in [-0.25, -0.2) is 4.68 Å². The maximum atomic E-state index is 5.80. The molecule has 0 aliphatic carbocycles. The summed E-state index contributed by atoms with van der Waals surface area (Å²) < 4.78 is 14.0. The van der Waals surface area contributed by atoms with Gasteiger partial charge in [0.1, 0.15) is 16.6 Å². The molecule has 26 heavy (non-hydrogen) atoms. The molecule has 6 nitrogen and oxygen atoms in total. The molecule has 1 saturated heterocycles. The van der Waals surface area contributed by atoms with Crippen LogP contribution >= 0.6 is 15.9 Å². The molecule has 1 unspecified atom stereocenters. The van der Waals surface area contributed by atoms with Crippen LogP contribution in [0.25, 0.3) is 22.4 Å². The average molecular weight is 415 g/mol. The fourth-order valence-electron chi connectivity index (χ4n) is 3.12. The molecule has 1 atom stereocenters. The number of methoxy groups -OCH3 is 1. The fourth-order valence-corrected chi connectivity index (χ4v) is 3.33. The van der Waals surface area contributed by atoms with Gasteiger partial charge in [0.25, 0.3) is 0 Å². The van der Waals surface area contributed by atoms with Crippen LogP contribution < -0.4 is 4.74 Å². The van der Waals surface area contributed by atoms with Gasteiger partial charge in [-0.15, -0.1) is 10.2 Å². The first kappa shape index (κ1) is 17.2. The number of hydrogen-bond donors (Lipinski definition) is 0. The molecule has 1 fully saturated rings. The first-order chi connectivity index (χ1) is 12.7. The summed E-state index contributed by atoms with van der Waals surface area (Å²) in [6, 6.07) is 9.82. The highest BCUT2D eigenvalue weighted by Crippen LogP contribution is 2.33. The van der Waals surface area contributed by atoms with Crippen molar-refractivity contribution in [1.29, 1.82) is 0 Å². The van der Waals surface area contributed by atoms with Crippen LogP contribution in [-0.2, 0) is 4.74 Å². The van der Waals surface area contributed by atoms with Crippen LogP contribution in [0.1, 0.15) is 25.5 Å². The molecule has 0 radical (unpaired) electrons. The largest absolute Gasteiger partial charge is 0.496 e. The quantitative estimate of drug-likeness (QED) is 0.629. The number of benzene rings is 1. The minimum atomic E-state index is 0.0386. The summed E-state index contributed by atoms with van der Waals surface area (Å²) in [5.74, 6) is 0.751. The van der Waals surface area contributed by atoms with Gasteiger partial charge in [0, 0.05) is 23.9 Å². The Morgan fingerprint density at radius 1 is 1.15 bits per heavy atom. The normalized spacial score (nSPS) is 17.2. The lowest BCUT2D eigenvalue weighted by Gasteiger charge is -2.22. The predicted molar refractivity (Wildman–Crippen MR) is 102 cm³/mol. The first-order valence-electron chi connectivity index (χ1n) is 8.58. The van der Waals surface area contributed by atoms with E-state index in [1.807, 2.05) is 47.4 Å². The molecule has 2 aromatic heterocycles. The Kier molecular flexibility index (Phi) is 4.99. The van der Waals surface area contributed by atoms with Gasteiger partial charge in [0.2, 0.25) is 0 Å². The van der Waals surface area contributed by atoms with Gasteiger partial charge in [-0.3, -0.25) is 0 Å². The van der Waals surface area contributed by atoms with Crippen molar-refractivity contribution in [3.63, 3.8) is 0 Å². The maximum Gasteiger partial charge on any atom is 0.150 e. The van der Waals surface area contributed by atoms with Crippen LogP contribution in [-0.4, -0.2) is 33.7 Å². The third-order valence-corrected chi connectivity index (χ3v) is 4.92. The van der Waals surface area contributed by atoms with Crippen molar-refractivity contribution >= 4 is 15.9 Å². The Labute approximate surface area is 160 Å². The van der Waals surface area contributed by atoms with E-state index in [0.29, 0.717) is 4.60 Å². The van der Waals surface area contributed by atoms with E-state index in [1.165, 1.54) is 6.42 Å². The monoisotopic (exact) mass is 414 g/mol. The van der Waals surface area contributed by atoms with Crippen LogP contribution in [0.15, 0.2) is 47.3 Å². The summed E-state index contributed by atoms with van der Waals surface area (Å²) in [6.07, 6.45) is 7.25. The maximum absolute atomic E-state index is 5.80. The van der Waals surface area contributed by atoms with Gasteiger partial charge in [0.05, 0.1) is 19.0 Å². The highest BCUT2D eigenvalue weighted by molar-refractivity contribution is 9.10. The molecule has 1 aliphatic rings. The number of ether oxygens (including phenoxy) is 2. The molecule has 3 aromatic rings. The zero-order chi connectivity index (χ0) is 17.9. The van der Waals surface area contributed by atoms with Crippen molar-refractivity contribution in [2.45, 2.75) is 25.5 Å². The highest BCUT2D eigenvalue weighted by Gasteiger charge is 2.17. The van der Waals surface area contributed by atoms with Crippen LogP contribution in [0.3, 0.4) is 0 Å². The third-order valence-electron chi connectivity index (χ3n) is 4.50. The number of halogens is 1. The number of aromatic nitrogens is 4. The topological polar surface area (TPSA) is 62.1 Å². The molecular formula is C19H19BrN4O2. The molecule has 3 heterocycles. The molecule has 0 bridgehead atoms. The first-order valence-corrected chi connectivity index (χ1v) is 9.37. The SMILES string of the molecule is COc1cc(-c2cnn(C3CCCCO3)c2)ccc1-c1ccc(Br)nn1. The van der Waals surface area contributed by atoms with Crippen molar-refractivity contribution in [3.05, 3.63) is 47.3 Å². The van der Waals surface area contributed by atoms with E-state index in [1.54, 1.807) is 7.11 Å². The summed E-state index contributed by atoms with van der Waals surface area (Å²) in [6.45, 7) is 0.802. The minimum absolute atomic E-state index is 0.0386. The van der Waals surface area contributed by atoms with E-state index in [4.69, 9.17) is 9.47 Å². The molecule has 7 heteroatoms. The van der Waals surface area contributed by atoms with Crippen LogP contribution in [0.4, 0.5) is 0 Å². The number of hydrogen-bond acceptors (Lipinski definition) is 5. The summed E-state index contributed by atoms with van der Waals surface area (Å²) in [5.41, 5.74) is 3.74. The lowest BCUT2D eigenvalue weighted by molar-refractivity contribution is -0.0394. The second-order valence-electron chi connectivity index (χ2n) is 6.19. The third kappa shape index (κ3) is 3.50. The lowest BCUT2D eigenvalue weighted by atomic mass is 10.0. The highest BCUT2D eigenvalue weighted by atomic mass is 79.9. The average Bonchev–Trinajstić information content (AvgIpc) is 3.19. The van der Waals surface area contributed by atoms with Gasteiger partial charge >= 0.3 is 0 Å². The van der Waals surface area contributed by atoms with E-state index in [9.17, 15) is 0 Å². The van der Waals surface area contributed by atoms with E-state index >= 15 is 0 Å². The van der Waals surface area contributed by atoms with Crippen LogP contribution in [0.5, 0.6) is 5.75 Å². The summed E-state index contributed by atoms with van der Waals surface area (Å²) in [5, 5.41) is 12.8. The molecule has 1 aromatic carbocycles. The summed E-state index contributed by atoms with van der Waals surface area (Å²) in [4.78, 5) is 0. The zero-order valence-electron chi connectivity index (χ0n) is 14.4. The van der Waals surface area contributed by atoms with Crippen molar-refractivity contribution in [2.75, 3.05) is 13.7 Å². The second kappa shape index (κ2) is 7.55. The molecule has 0 amide bonds. The van der Waals surface area contributed by atoms with Crippen molar-refractivity contribution in [2.24, 2.45) is 0 Å². The predicted octanol–water partition coefficient (Wildman–Crippen LogP) is 4.48. The molecule has 0 N–H and O–H groups in total. The molecule has 0 spiro atoms. The molecule has 0 saturated carbocycles. The number of nitrogens with zero attached hydrogens (tertiary/aromatic N) is 4. The van der Waals surface area contributed by atoms with Crippen molar-refractivity contribution in [1.82, 2.24) is 20.0 Å². The number of rotatable bonds is 4. The van der Waals surface area contributed by atoms with Crippen molar-refractivity contribution < 1.29 is 9.47 Å². The Morgan fingerprint density at radius 3 is 2.81 bits per heavy atom. The standard InChI is InChI=1S/C19H19BrN4O2/c1-25-17-10-13(5-6-15(17)16-7-8-18(20)23-22-16)14-11-21-24(12-14)19-4-2-3-9-26-19/h5-8,10-12,19H,2-4,9H2,1H3. The fraction of sp³-hybridized carbons (Fsp3) is 0.316. The Balaban J connectivity index is 1.63. The van der Waals surface area contributed by atoms with Gasteiger partial charge in [-0.1, -0.05) is 6.07 Å². The van der Waals surface area contributed by atoms with Crippen LogP contribution in [0, 0.1) is 0 Å². The lowest BCUT2D eigenvalue weighted by Crippen LogP contribution is -2.18. The summed E-state index contributed by atoms with van der Waals surface area (Å²) >= 11 is 3.31. The summed E-state index contributed by atoms with van der Waals surface area (Å²) in [7, 11) is 1.66. The Bertz CT molecular complexity index is 889. The molecule has 1 aliphatic heterocycles. The van der Waals surface area contributed by atoms with E-state index in [-0.39, 0.29) is 6.23 Å². The molecule has 4 rings (SSSR count). The van der Waals surface area contributed by atoms with E-state index in [2.05, 4.69) is 31.2 Å². The van der Waals surface area contributed by atoms with Crippen LogP contribution in [0.2, 0.25) is 0 Å². The smallest absolute Gasteiger partial charge is 0.150 e. The minimum Gasteiger partial charge on any atom is -0.496 e. The van der Waals surface area contributed by atoms with Gasteiger partial charge in [0.15, 0.2) is 0 Å². The van der Waals surface area contributed by atoms with E-state index in [0.717, 1.165) is 47.6 Å². The van der Waals surface area contributed by atoms with Gasteiger partial charge in [-0.05, 0) is 65.0 Å². The van der Waals surface area contributed by atoms with Crippen molar-refractivity contribution in [3.8, 4) is 28.1 Å². The Morgan fingerprint density at radius 2 is 2.08 bits per heavy atom. The zero-order valence-corrected chi connectivity index (χ0v) is 16.0. The Hall–Kier alpha value is -2.25. The molecule has 134 valence electrons.